The van der Waals surface area contributed by atoms with E-state index in [-0.39, 0.29) is 31.1 Å². The van der Waals surface area contributed by atoms with E-state index in [1.54, 1.807) is 27.7 Å². The van der Waals surface area contributed by atoms with E-state index < -0.39 is 46.4 Å². The fraction of sp³-hybridized carbons (Fsp3) is 0.545. The van der Waals surface area contributed by atoms with E-state index in [1.807, 2.05) is 0 Å². The number of hydrogen-bond donors (Lipinski definition) is 4. The number of carbonyl (C=O) groups is 4. The third-order valence-electron chi connectivity index (χ3n) is 4.85. The number of amides is 3. The third kappa shape index (κ3) is 10.4. The van der Waals surface area contributed by atoms with E-state index >= 15 is 0 Å². The topological polar surface area (TPSA) is 192 Å². The van der Waals surface area contributed by atoms with Crippen molar-refractivity contribution >= 4 is 35.3 Å². The second kappa shape index (κ2) is 13.2. The van der Waals surface area contributed by atoms with Crippen LogP contribution in [0.15, 0.2) is 24.3 Å². The van der Waals surface area contributed by atoms with Gasteiger partial charge in [-0.25, -0.2) is 4.79 Å². The minimum absolute atomic E-state index is 0.0633. The van der Waals surface area contributed by atoms with E-state index in [9.17, 15) is 29.3 Å². The van der Waals surface area contributed by atoms with Crippen LogP contribution in [-0.4, -0.2) is 60.1 Å². The monoisotopic (exact) mass is 495 g/mol. The summed E-state index contributed by atoms with van der Waals surface area (Å²) < 4.78 is 9.94. The SMILES string of the molecule is COC(=O)[C@H](CCC(N)=O)NC(C(=O)NC(C)(C)COC(=O)Nc1ccc([N+](=O)[O-])cc1)C(C)C. The van der Waals surface area contributed by atoms with Crippen molar-refractivity contribution in [2.75, 3.05) is 19.0 Å². The molecule has 1 aromatic rings. The number of carbonyl (C=O) groups excluding carboxylic acids is 4. The molecule has 194 valence electrons. The number of rotatable bonds is 13. The second-order valence-corrected chi connectivity index (χ2v) is 8.85. The minimum Gasteiger partial charge on any atom is -0.468 e. The largest absolute Gasteiger partial charge is 0.468 e. The molecule has 1 aromatic carbocycles. The molecule has 35 heavy (non-hydrogen) atoms. The van der Waals surface area contributed by atoms with Crippen molar-refractivity contribution < 1.29 is 33.6 Å². The first-order chi connectivity index (χ1) is 16.3. The number of nitrogens with zero attached hydrogens (tertiary/aromatic N) is 1. The van der Waals surface area contributed by atoms with Gasteiger partial charge in [0.2, 0.25) is 11.8 Å². The van der Waals surface area contributed by atoms with E-state index in [2.05, 4.69) is 16.0 Å². The Morgan fingerprint density at radius 3 is 2.23 bits per heavy atom. The molecule has 0 radical (unpaired) electrons. The average Bonchev–Trinajstić information content (AvgIpc) is 2.77. The summed E-state index contributed by atoms with van der Waals surface area (Å²) in [5.74, 6) is -1.90. The first-order valence-electron chi connectivity index (χ1n) is 10.9. The number of nitro benzene ring substituents is 1. The van der Waals surface area contributed by atoms with Gasteiger partial charge in [-0.15, -0.1) is 0 Å². The van der Waals surface area contributed by atoms with Gasteiger partial charge in [-0.3, -0.25) is 35.1 Å². The van der Waals surface area contributed by atoms with Crippen molar-refractivity contribution in [1.29, 1.82) is 0 Å². The number of ether oxygens (including phenoxy) is 2. The molecule has 0 fully saturated rings. The van der Waals surface area contributed by atoms with Gasteiger partial charge < -0.3 is 20.5 Å². The van der Waals surface area contributed by atoms with Crippen molar-refractivity contribution in [2.24, 2.45) is 11.7 Å². The highest BCUT2D eigenvalue weighted by Gasteiger charge is 2.32. The molecule has 5 N–H and O–H groups in total. The fourth-order valence-corrected chi connectivity index (χ4v) is 3.00. The molecule has 13 heteroatoms. The maximum Gasteiger partial charge on any atom is 0.411 e. The summed E-state index contributed by atoms with van der Waals surface area (Å²) in [5, 5.41) is 18.9. The summed E-state index contributed by atoms with van der Waals surface area (Å²) in [7, 11) is 1.20. The summed E-state index contributed by atoms with van der Waals surface area (Å²) in [6.07, 6.45) is -0.812. The maximum atomic E-state index is 13.0. The molecule has 0 aliphatic rings. The molecule has 0 aliphatic carbocycles. The Labute approximate surface area is 203 Å². The molecule has 0 heterocycles. The fourth-order valence-electron chi connectivity index (χ4n) is 3.00. The number of anilines is 1. The molecule has 0 spiro atoms. The molecule has 0 bridgehead atoms. The van der Waals surface area contributed by atoms with Gasteiger partial charge in [0.15, 0.2) is 0 Å². The number of nitro groups is 1. The number of benzene rings is 1. The number of methoxy groups -OCH3 is 1. The predicted octanol–water partition coefficient (Wildman–Crippen LogP) is 1.46. The van der Waals surface area contributed by atoms with Crippen LogP contribution in [-0.2, 0) is 23.9 Å². The predicted molar refractivity (Wildman–Crippen MR) is 126 cm³/mol. The number of primary amides is 1. The van der Waals surface area contributed by atoms with Crippen molar-refractivity contribution in [1.82, 2.24) is 10.6 Å². The normalized spacial score (nSPS) is 12.9. The Morgan fingerprint density at radius 2 is 1.74 bits per heavy atom. The van der Waals surface area contributed by atoms with Crippen LogP contribution in [0.4, 0.5) is 16.2 Å². The Kier molecular flexibility index (Phi) is 11.1. The minimum atomic E-state index is -0.979. The van der Waals surface area contributed by atoms with E-state index in [0.717, 1.165) is 0 Å². The van der Waals surface area contributed by atoms with Crippen LogP contribution >= 0.6 is 0 Å². The zero-order valence-electron chi connectivity index (χ0n) is 20.5. The molecular formula is C22H33N5O8. The van der Waals surface area contributed by atoms with Gasteiger partial charge in [0.1, 0.15) is 12.6 Å². The molecule has 3 amide bonds. The Hall–Kier alpha value is -3.74. The maximum absolute atomic E-state index is 13.0. The number of nitrogens with two attached hydrogens (primary N) is 1. The molecule has 0 aromatic heterocycles. The van der Waals surface area contributed by atoms with Crippen LogP contribution in [0.2, 0.25) is 0 Å². The van der Waals surface area contributed by atoms with Gasteiger partial charge in [0.05, 0.1) is 23.6 Å². The van der Waals surface area contributed by atoms with Crippen molar-refractivity contribution in [3.8, 4) is 0 Å². The van der Waals surface area contributed by atoms with Gasteiger partial charge in [-0.1, -0.05) is 13.8 Å². The number of non-ortho nitro benzene ring substituents is 1. The molecule has 0 saturated carbocycles. The molecule has 1 rings (SSSR count). The number of hydrogen-bond acceptors (Lipinski definition) is 9. The van der Waals surface area contributed by atoms with Crippen molar-refractivity contribution in [3.63, 3.8) is 0 Å². The quantitative estimate of drug-likeness (QED) is 0.178. The zero-order chi connectivity index (χ0) is 26.8. The number of esters is 1. The zero-order valence-corrected chi connectivity index (χ0v) is 20.5. The van der Waals surface area contributed by atoms with Gasteiger partial charge >= 0.3 is 12.1 Å². The summed E-state index contributed by atoms with van der Waals surface area (Å²) in [6.45, 7) is 6.66. The summed E-state index contributed by atoms with van der Waals surface area (Å²) in [6, 6.07) is 3.47. The molecule has 0 saturated heterocycles. The standard InChI is InChI=1S/C22H33N5O8/c1-13(2)18(25-16(20(30)34-5)10-11-17(23)28)19(29)26-22(3,4)12-35-21(31)24-14-6-8-15(9-7-14)27(32)33/h6-9,13,16,18,25H,10-12H2,1-5H3,(H2,23,28)(H,24,31)(H,26,29)/t16-,18?/m0/s1. The highest BCUT2D eigenvalue weighted by molar-refractivity contribution is 5.86. The van der Waals surface area contributed by atoms with Crippen LogP contribution in [0.1, 0.15) is 40.5 Å². The molecule has 2 atom stereocenters. The lowest BCUT2D eigenvalue weighted by atomic mass is 9.98. The molecule has 13 nitrogen and oxygen atoms in total. The Bertz CT molecular complexity index is 917. The van der Waals surface area contributed by atoms with Crippen LogP contribution < -0.4 is 21.7 Å². The molecule has 0 aliphatic heterocycles. The third-order valence-corrected chi connectivity index (χ3v) is 4.85. The first-order valence-corrected chi connectivity index (χ1v) is 10.9. The smallest absolute Gasteiger partial charge is 0.411 e. The lowest BCUT2D eigenvalue weighted by Crippen LogP contribution is -2.58. The summed E-state index contributed by atoms with van der Waals surface area (Å²) >= 11 is 0. The van der Waals surface area contributed by atoms with E-state index in [0.29, 0.717) is 5.69 Å². The average molecular weight is 496 g/mol. The highest BCUT2D eigenvalue weighted by Crippen LogP contribution is 2.16. The lowest BCUT2D eigenvalue weighted by molar-refractivity contribution is -0.384. The van der Waals surface area contributed by atoms with Crippen LogP contribution in [0.5, 0.6) is 0 Å². The van der Waals surface area contributed by atoms with Crippen molar-refractivity contribution in [2.45, 2.75) is 58.2 Å². The molecular weight excluding hydrogens is 462 g/mol. The Morgan fingerprint density at radius 1 is 1.14 bits per heavy atom. The van der Waals surface area contributed by atoms with Crippen LogP contribution in [0.25, 0.3) is 0 Å². The van der Waals surface area contributed by atoms with Gasteiger partial charge in [-0.2, -0.15) is 0 Å². The van der Waals surface area contributed by atoms with E-state index in [4.69, 9.17) is 15.2 Å². The van der Waals surface area contributed by atoms with Crippen molar-refractivity contribution in [3.05, 3.63) is 34.4 Å². The second-order valence-electron chi connectivity index (χ2n) is 8.85. The van der Waals surface area contributed by atoms with Gasteiger partial charge in [-0.05, 0) is 38.3 Å². The lowest BCUT2D eigenvalue weighted by Gasteiger charge is -2.31. The Balaban J connectivity index is 2.73. The molecule has 1 unspecified atom stereocenters. The highest BCUT2D eigenvalue weighted by atomic mass is 16.6. The van der Waals surface area contributed by atoms with E-state index in [1.165, 1.54) is 31.4 Å². The first kappa shape index (κ1) is 29.3. The number of nitrogens with one attached hydrogen (secondary N) is 3. The van der Waals surface area contributed by atoms with Crippen LogP contribution in [0, 0.1) is 16.0 Å². The van der Waals surface area contributed by atoms with Gasteiger partial charge in [0, 0.05) is 24.2 Å². The summed E-state index contributed by atoms with van der Waals surface area (Å²) in [5.41, 5.74) is 4.37. The summed E-state index contributed by atoms with van der Waals surface area (Å²) in [4.78, 5) is 58.5. The van der Waals surface area contributed by atoms with Crippen LogP contribution in [0.3, 0.4) is 0 Å². The van der Waals surface area contributed by atoms with Gasteiger partial charge in [0.25, 0.3) is 5.69 Å².